The fraction of sp³-hybridized carbons (Fsp3) is 0.385. The molecule has 0 unspecified atom stereocenters. The number of hydrogen-bond donors (Lipinski definition) is 2. The van der Waals surface area contributed by atoms with Crippen molar-refractivity contribution in [1.29, 1.82) is 0 Å². The van der Waals surface area contributed by atoms with Crippen LogP contribution in [0.5, 0.6) is 5.75 Å². The number of carbonyl (C=O) groups is 2. The molecule has 0 saturated carbocycles. The van der Waals surface area contributed by atoms with Crippen LogP contribution in [0, 0.1) is 5.92 Å². The number of nitrogens with two attached hydrogens (primary N) is 1. The lowest BCUT2D eigenvalue weighted by atomic mass is 10.2. The van der Waals surface area contributed by atoms with Crippen LogP contribution in [0.3, 0.4) is 0 Å². The Balaban J connectivity index is 2.44. The highest BCUT2D eigenvalue weighted by Gasteiger charge is 2.10. The fourth-order valence-corrected chi connectivity index (χ4v) is 1.26. The van der Waals surface area contributed by atoms with Crippen molar-refractivity contribution in [3.8, 4) is 5.75 Å². The van der Waals surface area contributed by atoms with Crippen LogP contribution in [0.4, 0.5) is 0 Å². The van der Waals surface area contributed by atoms with E-state index in [-0.39, 0.29) is 17.9 Å². The SMILES string of the molecule is CC(C)CONC(=O)COc1ccccc1C(N)=O. The molecule has 0 aromatic heterocycles. The number of benzene rings is 1. The van der Waals surface area contributed by atoms with E-state index in [1.54, 1.807) is 18.2 Å². The molecule has 0 fully saturated rings. The van der Waals surface area contributed by atoms with Gasteiger partial charge in [0.15, 0.2) is 6.61 Å². The third-order valence-corrected chi connectivity index (χ3v) is 2.11. The van der Waals surface area contributed by atoms with Gasteiger partial charge in [-0.15, -0.1) is 0 Å². The number of nitrogens with one attached hydrogen (secondary N) is 1. The lowest BCUT2D eigenvalue weighted by Crippen LogP contribution is -2.30. The Morgan fingerprint density at radius 3 is 2.63 bits per heavy atom. The Kier molecular flexibility index (Phi) is 5.81. The van der Waals surface area contributed by atoms with Gasteiger partial charge in [0, 0.05) is 0 Å². The Bertz CT molecular complexity index is 446. The molecule has 0 atom stereocenters. The molecule has 3 N–H and O–H groups in total. The molecule has 19 heavy (non-hydrogen) atoms. The summed E-state index contributed by atoms with van der Waals surface area (Å²) in [6, 6.07) is 6.46. The number of ether oxygens (including phenoxy) is 1. The standard InChI is InChI=1S/C13H18N2O4/c1-9(2)7-19-15-12(16)8-18-11-6-4-3-5-10(11)13(14)17/h3-6,9H,7-8H2,1-2H3,(H2,14,17)(H,15,16). The zero-order valence-electron chi connectivity index (χ0n) is 11.0. The monoisotopic (exact) mass is 266 g/mol. The molecule has 0 bridgehead atoms. The maximum atomic E-state index is 11.4. The number of amides is 2. The number of para-hydroxylation sites is 1. The van der Waals surface area contributed by atoms with Gasteiger partial charge in [0.2, 0.25) is 0 Å². The van der Waals surface area contributed by atoms with Crippen molar-refractivity contribution in [2.24, 2.45) is 11.7 Å². The molecule has 1 aromatic rings. The topological polar surface area (TPSA) is 90.7 Å². The van der Waals surface area contributed by atoms with Gasteiger partial charge in [-0.05, 0) is 18.1 Å². The highest BCUT2D eigenvalue weighted by atomic mass is 16.7. The molecule has 0 radical (unpaired) electrons. The molecular weight excluding hydrogens is 248 g/mol. The van der Waals surface area contributed by atoms with Crippen molar-refractivity contribution >= 4 is 11.8 Å². The molecular formula is C13H18N2O4. The fourth-order valence-electron chi connectivity index (χ4n) is 1.26. The van der Waals surface area contributed by atoms with Crippen LogP contribution in [0.1, 0.15) is 24.2 Å². The average molecular weight is 266 g/mol. The van der Waals surface area contributed by atoms with Crippen LogP contribution < -0.4 is 16.0 Å². The second kappa shape index (κ2) is 7.38. The highest BCUT2D eigenvalue weighted by molar-refractivity contribution is 5.95. The van der Waals surface area contributed by atoms with E-state index in [4.69, 9.17) is 15.3 Å². The highest BCUT2D eigenvalue weighted by Crippen LogP contribution is 2.16. The van der Waals surface area contributed by atoms with Crippen LogP contribution in [-0.2, 0) is 9.63 Å². The van der Waals surface area contributed by atoms with Crippen molar-refractivity contribution in [2.75, 3.05) is 13.2 Å². The number of hydrogen-bond acceptors (Lipinski definition) is 4. The summed E-state index contributed by atoms with van der Waals surface area (Å²) in [7, 11) is 0. The zero-order valence-corrected chi connectivity index (χ0v) is 11.0. The first-order chi connectivity index (χ1) is 9.00. The summed E-state index contributed by atoms with van der Waals surface area (Å²) >= 11 is 0. The van der Waals surface area contributed by atoms with Crippen molar-refractivity contribution in [3.63, 3.8) is 0 Å². The Morgan fingerprint density at radius 2 is 2.00 bits per heavy atom. The molecule has 104 valence electrons. The summed E-state index contributed by atoms with van der Waals surface area (Å²) in [5, 5.41) is 0. The van der Waals surface area contributed by atoms with Gasteiger partial charge in [-0.1, -0.05) is 26.0 Å². The first kappa shape index (κ1) is 15.0. The molecule has 1 aromatic carbocycles. The Labute approximate surface area is 111 Å². The van der Waals surface area contributed by atoms with E-state index < -0.39 is 11.8 Å². The molecule has 0 saturated heterocycles. The average Bonchev–Trinajstić information content (AvgIpc) is 2.36. The van der Waals surface area contributed by atoms with E-state index in [1.165, 1.54) is 6.07 Å². The molecule has 1 rings (SSSR count). The van der Waals surface area contributed by atoms with Crippen molar-refractivity contribution < 1.29 is 19.2 Å². The molecule has 6 nitrogen and oxygen atoms in total. The second-order valence-electron chi connectivity index (χ2n) is 4.38. The summed E-state index contributed by atoms with van der Waals surface area (Å²) in [6.45, 7) is 4.10. The molecule has 6 heteroatoms. The summed E-state index contributed by atoms with van der Waals surface area (Å²) in [6.07, 6.45) is 0. The van der Waals surface area contributed by atoms with Gasteiger partial charge < -0.3 is 10.5 Å². The number of rotatable bonds is 7. The minimum atomic E-state index is -0.605. The maximum Gasteiger partial charge on any atom is 0.281 e. The van der Waals surface area contributed by atoms with E-state index in [1.807, 2.05) is 13.8 Å². The van der Waals surface area contributed by atoms with Crippen LogP contribution in [-0.4, -0.2) is 25.0 Å². The summed E-state index contributed by atoms with van der Waals surface area (Å²) in [5.74, 6) is -0.446. The molecule has 0 spiro atoms. The van der Waals surface area contributed by atoms with Crippen LogP contribution >= 0.6 is 0 Å². The third-order valence-electron chi connectivity index (χ3n) is 2.11. The number of carbonyl (C=O) groups excluding carboxylic acids is 2. The molecule has 0 aliphatic carbocycles. The summed E-state index contributed by atoms with van der Waals surface area (Å²) in [5.41, 5.74) is 7.68. The predicted molar refractivity (Wildman–Crippen MR) is 69.4 cm³/mol. The van der Waals surface area contributed by atoms with Gasteiger partial charge in [0.05, 0.1) is 12.2 Å². The normalized spacial score (nSPS) is 10.3. The van der Waals surface area contributed by atoms with Gasteiger partial charge in [-0.3, -0.25) is 14.4 Å². The summed E-state index contributed by atoms with van der Waals surface area (Å²) in [4.78, 5) is 27.5. The van der Waals surface area contributed by atoms with Crippen LogP contribution in [0.2, 0.25) is 0 Å². The quantitative estimate of drug-likeness (QED) is 0.716. The zero-order chi connectivity index (χ0) is 14.3. The van der Waals surface area contributed by atoms with Crippen LogP contribution in [0.25, 0.3) is 0 Å². The van der Waals surface area contributed by atoms with Gasteiger partial charge in [-0.2, -0.15) is 0 Å². The third kappa shape index (κ3) is 5.39. The molecule has 0 heterocycles. The van der Waals surface area contributed by atoms with Crippen molar-refractivity contribution in [2.45, 2.75) is 13.8 Å². The molecule has 0 aliphatic heterocycles. The lowest BCUT2D eigenvalue weighted by molar-refractivity contribution is -0.136. The van der Waals surface area contributed by atoms with Gasteiger partial charge in [-0.25, -0.2) is 5.48 Å². The van der Waals surface area contributed by atoms with E-state index in [2.05, 4.69) is 5.48 Å². The van der Waals surface area contributed by atoms with Gasteiger partial charge in [0.1, 0.15) is 5.75 Å². The lowest BCUT2D eigenvalue weighted by Gasteiger charge is -2.10. The first-order valence-corrected chi connectivity index (χ1v) is 5.93. The largest absolute Gasteiger partial charge is 0.483 e. The minimum absolute atomic E-state index is 0.235. The predicted octanol–water partition coefficient (Wildman–Crippen LogP) is 0.868. The van der Waals surface area contributed by atoms with Crippen molar-refractivity contribution in [1.82, 2.24) is 5.48 Å². The smallest absolute Gasteiger partial charge is 0.281 e. The number of primary amides is 1. The maximum absolute atomic E-state index is 11.4. The van der Waals surface area contributed by atoms with E-state index in [9.17, 15) is 9.59 Å². The number of hydroxylamine groups is 1. The summed E-state index contributed by atoms with van der Waals surface area (Å²) < 4.78 is 5.22. The molecule has 2 amide bonds. The Hall–Kier alpha value is -2.08. The van der Waals surface area contributed by atoms with E-state index >= 15 is 0 Å². The van der Waals surface area contributed by atoms with Crippen molar-refractivity contribution in [3.05, 3.63) is 29.8 Å². The van der Waals surface area contributed by atoms with E-state index in [0.29, 0.717) is 12.5 Å². The van der Waals surface area contributed by atoms with Gasteiger partial charge >= 0.3 is 0 Å². The van der Waals surface area contributed by atoms with E-state index in [0.717, 1.165) is 0 Å². The molecule has 0 aliphatic rings. The first-order valence-electron chi connectivity index (χ1n) is 5.93. The van der Waals surface area contributed by atoms with Crippen LogP contribution in [0.15, 0.2) is 24.3 Å². The minimum Gasteiger partial charge on any atom is -0.483 e. The second-order valence-corrected chi connectivity index (χ2v) is 4.38. The Morgan fingerprint density at radius 1 is 1.32 bits per heavy atom. The van der Waals surface area contributed by atoms with Gasteiger partial charge in [0.25, 0.3) is 11.8 Å².